The predicted molar refractivity (Wildman–Crippen MR) is 90.1 cm³/mol. The smallest absolute Gasteiger partial charge is 0.255 e. The molecule has 1 aromatic heterocycles. The zero-order valence-corrected chi connectivity index (χ0v) is 14.2. The first-order valence-corrected chi connectivity index (χ1v) is 8.98. The van der Waals surface area contributed by atoms with E-state index in [1.807, 2.05) is 13.0 Å². The maximum Gasteiger partial charge on any atom is 0.255 e. The van der Waals surface area contributed by atoms with Crippen LogP contribution in [0.4, 0.5) is 5.69 Å². The summed E-state index contributed by atoms with van der Waals surface area (Å²) in [6.07, 6.45) is 2.52. The van der Waals surface area contributed by atoms with Crippen LogP contribution in [0.15, 0.2) is 36.5 Å². The summed E-state index contributed by atoms with van der Waals surface area (Å²) in [7, 11) is -3.32. The van der Waals surface area contributed by atoms with E-state index >= 15 is 0 Å². The third-order valence-corrected chi connectivity index (χ3v) is 3.95. The molecule has 0 radical (unpaired) electrons. The topological polar surface area (TPSA) is 88.2 Å². The number of nitrogens with zero attached hydrogens (tertiary/aromatic N) is 1. The van der Waals surface area contributed by atoms with E-state index in [2.05, 4.69) is 15.0 Å². The van der Waals surface area contributed by atoms with Crippen LogP contribution in [-0.4, -0.2) is 25.6 Å². The number of hydrogen-bond acceptors (Lipinski definition) is 4. The molecule has 0 fully saturated rings. The van der Waals surface area contributed by atoms with E-state index in [1.54, 1.807) is 18.2 Å². The Kier molecular flexibility index (Phi) is 5.35. The minimum atomic E-state index is -3.32. The predicted octanol–water partition coefficient (Wildman–Crippen LogP) is 2.34. The minimum absolute atomic E-state index is 0.0240. The minimum Gasteiger partial charge on any atom is -0.322 e. The SMILES string of the molecule is Cc1ccc(Cl)cc1NC(=O)c1ccnc(CNS(C)(=O)=O)c1. The molecule has 0 aliphatic carbocycles. The lowest BCUT2D eigenvalue weighted by Crippen LogP contribution is -2.22. The summed E-state index contributed by atoms with van der Waals surface area (Å²) in [4.78, 5) is 16.3. The largest absolute Gasteiger partial charge is 0.322 e. The average molecular weight is 354 g/mol. The summed E-state index contributed by atoms with van der Waals surface area (Å²) in [6.45, 7) is 1.89. The number of halogens is 1. The third-order valence-electron chi connectivity index (χ3n) is 3.04. The number of rotatable bonds is 5. The molecule has 2 rings (SSSR count). The lowest BCUT2D eigenvalue weighted by atomic mass is 10.1. The van der Waals surface area contributed by atoms with Crippen LogP contribution in [0, 0.1) is 6.92 Å². The fourth-order valence-electron chi connectivity index (χ4n) is 1.84. The molecule has 0 bridgehead atoms. The van der Waals surface area contributed by atoms with Crippen LogP contribution in [0.1, 0.15) is 21.6 Å². The van der Waals surface area contributed by atoms with Crippen molar-refractivity contribution in [2.24, 2.45) is 0 Å². The molecule has 2 aromatic rings. The van der Waals surface area contributed by atoms with Gasteiger partial charge in [-0.3, -0.25) is 9.78 Å². The Bertz CT molecular complexity index is 838. The van der Waals surface area contributed by atoms with Crippen molar-refractivity contribution in [1.82, 2.24) is 9.71 Å². The molecule has 23 heavy (non-hydrogen) atoms. The Morgan fingerprint density at radius 2 is 2.00 bits per heavy atom. The van der Waals surface area contributed by atoms with E-state index in [-0.39, 0.29) is 12.5 Å². The molecule has 0 aliphatic heterocycles. The Labute approximate surface area is 139 Å². The highest BCUT2D eigenvalue weighted by Crippen LogP contribution is 2.20. The number of benzene rings is 1. The molecule has 1 aromatic carbocycles. The fourth-order valence-corrected chi connectivity index (χ4v) is 2.43. The Hall–Kier alpha value is -1.96. The van der Waals surface area contributed by atoms with Crippen LogP contribution in [0.2, 0.25) is 5.02 Å². The van der Waals surface area contributed by atoms with Crippen molar-refractivity contribution in [3.05, 3.63) is 58.4 Å². The van der Waals surface area contributed by atoms with Crippen molar-refractivity contribution >= 4 is 33.2 Å². The van der Waals surface area contributed by atoms with Crippen molar-refractivity contribution in [3.8, 4) is 0 Å². The third kappa shape index (κ3) is 5.31. The summed E-state index contributed by atoms with van der Waals surface area (Å²) in [5.41, 5.74) is 2.33. The molecule has 2 N–H and O–H groups in total. The van der Waals surface area contributed by atoms with Crippen molar-refractivity contribution in [2.75, 3.05) is 11.6 Å². The van der Waals surface area contributed by atoms with Gasteiger partial charge in [0.05, 0.1) is 18.5 Å². The number of carbonyl (C=O) groups excluding carboxylic acids is 1. The van der Waals surface area contributed by atoms with Gasteiger partial charge in [-0.1, -0.05) is 17.7 Å². The molecule has 0 spiro atoms. The van der Waals surface area contributed by atoms with Crippen molar-refractivity contribution in [1.29, 1.82) is 0 Å². The van der Waals surface area contributed by atoms with E-state index in [0.717, 1.165) is 11.8 Å². The van der Waals surface area contributed by atoms with Crippen molar-refractivity contribution in [2.45, 2.75) is 13.5 Å². The first-order valence-electron chi connectivity index (χ1n) is 6.72. The van der Waals surface area contributed by atoms with Gasteiger partial charge in [-0.2, -0.15) is 0 Å². The number of aryl methyl sites for hydroxylation is 1. The zero-order chi connectivity index (χ0) is 17.0. The fraction of sp³-hybridized carbons (Fsp3) is 0.200. The molecule has 122 valence electrons. The molecule has 0 aliphatic rings. The summed E-state index contributed by atoms with van der Waals surface area (Å²) in [6, 6.07) is 8.31. The lowest BCUT2D eigenvalue weighted by Gasteiger charge is -2.09. The molecule has 0 saturated heterocycles. The summed E-state index contributed by atoms with van der Waals surface area (Å²) in [5.74, 6) is -0.321. The monoisotopic (exact) mass is 353 g/mol. The molecule has 1 heterocycles. The van der Waals surface area contributed by atoms with Gasteiger partial charge in [-0.05, 0) is 36.8 Å². The van der Waals surface area contributed by atoms with Gasteiger partial charge in [0.2, 0.25) is 10.0 Å². The lowest BCUT2D eigenvalue weighted by molar-refractivity contribution is 0.102. The molecular formula is C15H16ClN3O3S. The Morgan fingerprint density at radius 1 is 1.26 bits per heavy atom. The van der Waals surface area contributed by atoms with Crippen LogP contribution in [-0.2, 0) is 16.6 Å². The Morgan fingerprint density at radius 3 is 2.70 bits per heavy atom. The van der Waals surface area contributed by atoms with E-state index in [0.29, 0.717) is 22.0 Å². The van der Waals surface area contributed by atoms with Crippen LogP contribution in [0.5, 0.6) is 0 Å². The second-order valence-electron chi connectivity index (χ2n) is 5.04. The van der Waals surface area contributed by atoms with E-state index < -0.39 is 10.0 Å². The highest BCUT2D eigenvalue weighted by atomic mass is 35.5. The maximum atomic E-state index is 12.3. The first kappa shape index (κ1) is 17.4. The number of hydrogen-bond donors (Lipinski definition) is 2. The van der Waals surface area contributed by atoms with Gasteiger partial charge in [0.25, 0.3) is 5.91 Å². The van der Waals surface area contributed by atoms with Crippen LogP contribution >= 0.6 is 11.6 Å². The second kappa shape index (κ2) is 7.08. The number of sulfonamides is 1. The van der Waals surface area contributed by atoms with Crippen LogP contribution in [0.25, 0.3) is 0 Å². The van der Waals surface area contributed by atoms with E-state index in [9.17, 15) is 13.2 Å². The highest BCUT2D eigenvalue weighted by Gasteiger charge is 2.10. The number of nitrogens with one attached hydrogen (secondary N) is 2. The van der Waals surface area contributed by atoms with Gasteiger partial charge in [0, 0.05) is 22.5 Å². The maximum absolute atomic E-state index is 12.3. The second-order valence-corrected chi connectivity index (χ2v) is 7.31. The molecule has 0 saturated carbocycles. The van der Waals surface area contributed by atoms with Crippen LogP contribution in [0.3, 0.4) is 0 Å². The summed E-state index contributed by atoms with van der Waals surface area (Å²) in [5, 5.41) is 3.30. The van der Waals surface area contributed by atoms with Gasteiger partial charge in [0.1, 0.15) is 0 Å². The van der Waals surface area contributed by atoms with E-state index in [1.165, 1.54) is 12.3 Å². The molecule has 0 unspecified atom stereocenters. The summed E-state index contributed by atoms with van der Waals surface area (Å²) < 4.78 is 24.5. The van der Waals surface area contributed by atoms with Gasteiger partial charge in [-0.15, -0.1) is 0 Å². The van der Waals surface area contributed by atoms with Gasteiger partial charge >= 0.3 is 0 Å². The molecule has 0 atom stereocenters. The molecular weight excluding hydrogens is 338 g/mol. The standard InChI is InChI=1S/C15H16ClN3O3S/c1-10-3-4-12(16)8-14(10)19-15(20)11-5-6-17-13(7-11)9-18-23(2,21)22/h3-8,18H,9H2,1-2H3,(H,19,20). The molecule has 6 nitrogen and oxygen atoms in total. The van der Waals surface area contributed by atoms with Crippen molar-refractivity contribution < 1.29 is 13.2 Å². The zero-order valence-electron chi connectivity index (χ0n) is 12.6. The number of aromatic nitrogens is 1. The number of pyridine rings is 1. The van der Waals surface area contributed by atoms with Gasteiger partial charge in [-0.25, -0.2) is 13.1 Å². The number of anilines is 1. The molecule has 8 heteroatoms. The quantitative estimate of drug-likeness (QED) is 0.863. The average Bonchev–Trinajstić information content (AvgIpc) is 2.48. The van der Waals surface area contributed by atoms with Gasteiger partial charge < -0.3 is 5.32 Å². The Balaban J connectivity index is 2.15. The molecule has 1 amide bonds. The summed E-state index contributed by atoms with van der Waals surface area (Å²) >= 11 is 5.93. The number of carbonyl (C=O) groups is 1. The first-order chi connectivity index (χ1) is 10.7. The highest BCUT2D eigenvalue weighted by molar-refractivity contribution is 7.88. The normalized spacial score (nSPS) is 11.3. The van der Waals surface area contributed by atoms with Crippen molar-refractivity contribution in [3.63, 3.8) is 0 Å². The number of amides is 1. The van der Waals surface area contributed by atoms with E-state index in [4.69, 9.17) is 11.6 Å². The van der Waals surface area contributed by atoms with Gasteiger partial charge in [0.15, 0.2) is 0 Å². The van der Waals surface area contributed by atoms with Crippen LogP contribution < -0.4 is 10.0 Å².